The number of ketones is 1. The molecule has 0 bridgehead atoms. The van der Waals surface area contributed by atoms with Crippen LogP contribution in [0.5, 0.6) is 17.2 Å². The van der Waals surface area contributed by atoms with Gasteiger partial charge < -0.3 is 19.5 Å². The third-order valence-electron chi connectivity index (χ3n) is 5.01. The van der Waals surface area contributed by atoms with Crippen LogP contribution >= 0.6 is 12.4 Å². The fourth-order valence-corrected chi connectivity index (χ4v) is 4.17. The average Bonchev–Trinajstić information content (AvgIpc) is 2.77. The Hall–Kier alpha value is -2.54. The number of fused-ring (bicyclic) bond motifs is 1. The minimum Gasteiger partial charge on any atom is -0.486 e. The van der Waals surface area contributed by atoms with Crippen LogP contribution in [-0.4, -0.2) is 46.9 Å². The number of nitrogens with one attached hydrogen (secondary N) is 1. The minimum atomic E-state index is -4.75. The first-order valence-electron chi connectivity index (χ1n) is 10.6. The molecule has 0 saturated heterocycles. The molecule has 194 valence electrons. The van der Waals surface area contributed by atoms with E-state index in [0.29, 0.717) is 37.9 Å². The zero-order valence-electron chi connectivity index (χ0n) is 18.6. The fourth-order valence-electron chi connectivity index (χ4n) is 3.46. The first-order valence-corrected chi connectivity index (χ1v) is 12.1. The van der Waals surface area contributed by atoms with Crippen molar-refractivity contribution in [2.24, 2.45) is 5.14 Å². The van der Waals surface area contributed by atoms with Crippen molar-refractivity contribution < 1.29 is 40.6 Å². The molecule has 1 heterocycles. The molecule has 0 spiro atoms. The van der Waals surface area contributed by atoms with Gasteiger partial charge in [-0.1, -0.05) is 18.2 Å². The Morgan fingerprint density at radius 1 is 1.09 bits per heavy atom. The summed E-state index contributed by atoms with van der Waals surface area (Å²) in [5, 5.41) is 8.38. The summed E-state index contributed by atoms with van der Waals surface area (Å²) < 4.78 is 76.0. The predicted octanol–water partition coefficient (Wildman–Crippen LogP) is 3.61. The van der Waals surface area contributed by atoms with Crippen LogP contribution in [0.15, 0.2) is 41.3 Å². The number of ether oxygens (including phenoxy) is 3. The van der Waals surface area contributed by atoms with Crippen molar-refractivity contribution >= 4 is 28.2 Å². The van der Waals surface area contributed by atoms with E-state index in [1.807, 2.05) is 0 Å². The lowest BCUT2D eigenvalue weighted by Gasteiger charge is -2.21. The molecule has 2 aromatic rings. The van der Waals surface area contributed by atoms with Gasteiger partial charge in [0.15, 0.2) is 17.3 Å². The molecule has 1 aliphatic rings. The van der Waals surface area contributed by atoms with Crippen molar-refractivity contribution in [1.29, 1.82) is 0 Å². The Labute approximate surface area is 207 Å². The second-order valence-corrected chi connectivity index (χ2v) is 9.11. The van der Waals surface area contributed by atoms with Gasteiger partial charge in [0.1, 0.15) is 23.9 Å². The minimum absolute atomic E-state index is 0. The lowest BCUT2D eigenvalue weighted by Crippen LogP contribution is -2.21. The van der Waals surface area contributed by atoms with Crippen LogP contribution in [0.3, 0.4) is 0 Å². The molecular formula is C22H26ClF3N2O6S. The van der Waals surface area contributed by atoms with E-state index in [2.05, 4.69) is 10.1 Å². The quantitative estimate of drug-likeness (QED) is 0.331. The summed E-state index contributed by atoms with van der Waals surface area (Å²) in [4.78, 5) is 12.3. The van der Waals surface area contributed by atoms with Gasteiger partial charge in [0.25, 0.3) is 0 Å². The van der Waals surface area contributed by atoms with Gasteiger partial charge in [0.05, 0.1) is 0 Å². The van der Waals surface area contributed by atoms with E-state index in [1.54, 1.807) is 12.1 Å². The van der Waals surface area contributed by atoms with Crippen molar-refractivity contribution in [3.05, 3.63) is 47.5 Å². The van der Waals surface area contributed by atoms with Gasteiger partial charge in [0.2, 0.25) is 10.0 Å². The highest BCUT2D eigenvalue weighted by atomic mass is 35.5. The number of sulfonamides is 1. The zero-order chi connectivity index (χ0) is 24.8. The Morgan fingerprint density at radius 3 is 2.51 bits per heavy atom. The van der Waals surface area contributed by atoms with Crippen LogP contribution in [-0.2, 0) is 16.4 Å². The summed E-state index contributed by atoms with van der Waals surface area (Å²) in [6.07, 6.45) is -3.06. The van der Waals surface area contributed by atoms with Gasteiger partial charge in [-0.25, -0.2) is 13.6 Å². The molecule has 3 N–H and O–H groups in total. The standard InChI is InChI=1S/C22H25F3N2O6S.ClH/c23-22(24,25)33-18-7-2-1-5-15(18)8-10-27-9-4-3-6-17(28)16-13-19-21(32-12-11-31-19)20(14-16)34(26,29)30;/h1-2,5,7,13-14,27H,3-4,6,8-12H2,(H2,26,29,30);1H. The number of para-hydroxylation sites is 1. The van der Waals surface area contributed by atoms with Crippen molar-refractivity contribution in [1.82, 2.24) is 5.32 Å². The summed E-state index contributed by atoms with van der Waals surface area (Å²) >= 11 is 0. The summed E-state index contributed by atoms with van der Waals surface area (Å²) in [7, 11) is -4.11. The van der Waals surface area contributed by atoms with Crippen LogP contribution in [0.2, 0.25) is 0 Å². The smallest absolute Gasteiger partial charge is 0.486 e. The topological polar surface area (TPSA) is 117 Å². The third kappa shape index (κ3) is 8.57. The lowest BCUT2D eigenvalue weighted by molar-refractivity contribution is -0.274. The fraction of sp³-hybridized carbons (Fsp3) is 0.409. The number of hydrogen-bond acceptors (Lipinski definition) is 7. The van der Waals surface area contributed by atoms with E-state index >= 15 is 0 Å². The summed E-state index contributed by atoms with van der Waals surface area (Å²) in [5.41, 5.74) is 0.606. The Kier molecular flexibility index (Phi) is 10.2. The molecule has 0 amide bonds. The number of carbonyl (C=O) groups is 1. The number of benzene rings is 2. The third-order valence-corrected chi connectivity index (χ3v) is 5.93. The number of alkyl halides is 3. The molecule has 2 aromatic carbocycles. The van der Waals surface area contributed by atoms with E-state index in [0.717, 1.165) is 0 Å². The molecule has 0 aliphatic carbocycles. The van der Waals surface area contributed by atoms with Crippen LogP contribution in [0.4, 0.5) is 13.2 Å². The second kappa shape index (κ2) is 12.4. The molecule has 13 heteroatoms. The number of hydrogen-bond donors (Lipinski definition) is 2. The van der Waals surface area contributed by atoms with Crippen molar-refractivity contribution in [2.75, 3.05) is 26.3 Å². The van der Waals surface area contributed by atoms with Gasteiger partial charge in [-0.05, 0) is 56.1 Å². The maximum atomic E-state index is 12.6. The first-order chi connectivity index (χ1) is 16.0. The van der Waals surface area contributed by atoms with Gasteiger partial charge in [0, 0.05) is 12.0 Å². The second-order valence-electron chi connectivity index (χ2n) is 7.58. The molecule has 0 atom stereocenters. The normalized spacial score (nSPS) is 13.1. The number of Topliss-reactive ketones (excluding diaryl/α,β-unsaturated/α-hetero) is 1. The molecule has 1 aliphatic heterocycles. The van der Waals surface area contributed by atoms with Gasteiger partial charge in [-0.3, -0.25) is 4.79 Å². The van der Waals surface area contributed by atoms with Crippen LogP contribution in [0.1, 0.15) is 35.2 Å². The highest BCUT2D eigenvalue weighted by Crippen LogP contribution is 2.37. The number of nitrogens with two attached hydrogens (primary N) is 1. The highest BCUT2D eigenvalue weighted by molar-refractivity contribution is 7.89. The Morgan fingerprint density at radius 2 is 1.80 bits per heavy atom. The predicted molar refractivity (Wildman–Crippen MR) is 124 cm³/mol. The maximum Gasteiger partial charge on any atom is 0.573 e. The monoisotopic (exact) mass is 538 g/mol. The number of primary sulfonamides is 1. The summed E-state index contributed by atoms with van der Waals surface area (Å²) in [6.45, 7) is 1.40. The van der Waals surface area contributed by atoms with E-state index in [4.69, 9.17) is 14.6 Å². The van der Waals surface area contributed by atoms with Crippen molar-refractivity contribution in [3.63, 3.8) is 0 Å². The molecule has 0 saturated carbocycles. The van der Waals surface area contributed by atoms with E-state index < -0.39 is 16.4 Å². The molecule has 0 aromatic heterocycles. The zero-order valence-corrected chi connectivity index (χ0v) is 20.2. The summed E-state index contributed by atoms with van der Waals surface area (Å²) in [5.74, 6) is -0.310. The van der Waals surface area contributed by atoms with Gasteiger partial charge >= 0.3 is 6.36 Å². The molecule has 0 radical (unpaired) electrons. The Bertz CT molecular complexity index is 1130. The van der Waals surface area contributed by atoms with E-state index in [9.17, 15) is 26.4 Å². The Balaban J connectivity index is 0.00000432. The van der Waals surface area contributed by atoms with Crippen molar-refractivity contribution in [3.8, 4) is 17.2 Å². The van der Waals surface area contributed by atoms with E-state index in [1.165, 1.54) is 24.3 Å². The molecule has 0 fully saturated rings. The average molecular weight is 539 g/mol. The van der Waals surface area contributed by atoms with Crippen LogP contribution in [0.25, 0.3) is 0 Å². The molecule has 0 unspecified atom stereocenters. The van der Waals surface area contributed by atoms with Gasteiger partial charge in [-0.15, -0.1) is 25.6 Å². The number of unbranched alkanes of at least 4 members (excludes halogenated alkanes) is 1. The number of rotatable bonds is 11. The van der Waals surface area contributed by atoms with Crippen molar-refractivity contribution in [2.45, 2.75) is 36.9 Å². The molecule has 3 rings (SSSR count). The highest BCUT2D eigenvalue weighted by Gasteiger charge is 2.32. The summed E-state index contributed by atoms with van der Waals surface area (Å²) in [6, 6.07) is 8.61. The van der Waals surface area contributed by atoms with Crippen LogP contribution < -0.4 is 24.7 Å². The first kappa shape index (κ1) is 28.7. The number of carbonyl (C=O) groups excluding carboxylic acids is 1. The molecular weight excluding hydrogens is 513 g/mol. The largest absolute Gasteiger partial charge is 0.573 e. The molecule has 8 nitrogen and oxygen atoms in total. The molecule has 35 heavy (non-hydrogen) atoms. The SMILES string of the molecule is Cl.NS(=O)(=O)c1cc(C(=O)CCCCNCCc2ccccc2OC(F)(F)F)cc2c1OCCO2. The van der Waals surface area contributed by atoms with E-state index in [-0.39, 0.29) is 65.5 Å². The lowest BCUT2D eigenvalue weighted by atomic mass is 10.0. The number of halogens is 4. The maximum absolute atomic E-state index is 12.6. The van der Waals surface area contributed by atoms with Crippen LogP contribution in [0, 0.1) is 0 Å². The van der Waals surface area contributed by atoms with Gasteiger partial charge in [-0.2, -0.15) is 0 Å².